The first-order valence-corrected chi connectivity index (χ1v) is 10.1. The third kappa shape index (κ3) is 5.57. The van der Waals surface area contributed by atoms with E-state index in [0.717, 1.165) is 37.5 Å². The normalized spacial score (nSPS) is 19.1. The van der Waals surface area contributed by atoms with Crippen molar-refractivity contribution in [3.63, 3.8) is 0 Å². The summed E-state index contributed by atoms with van der Waals surface area (Å²) in [5.41, 5.74) is 1.96. The zero-order valence-corrected chi connectivity index (χ0v) is 16.9. The second-order valence-electron chi connectivity index (χ2n) is 7.51. The summed E-state index contributed by atoms with van der Waals surface area (Å²) in [6.45, 7) is 8.26. The molecule has 29 heavy (non-hydrogen) atoms. The number of nitrogens with one attached hydrogen (secondary N) is 3. The van der Waals surface area contributed by atoms with Gasteiger partial charge < -0.3 is 20.2 Å². The summed E-state index contributed by atoms with van der Waals surface area (Å²) >= 11 is 0. The van der Waals surface area contributed by atoms with Gasteiger partial charge in [0.05, 0.1) is 12.3 Å². The summed E-state index contributed by atoms with van der Waals surface area (Å²) < 4.78 is 5.93. The topological polar surface area (TPSA) is 113 Å². The first-order valence-electron chi connectivity index (χ1n) is 10.1. The van der Waals surface area contributed by atoms with E-state index in [-0.39, 0.29) is 6.10 Å². The molecular formula is C19H28N8O2. The molecule has 2 aromatic rings. The van der Waals surface area contributed by atoms with E-state index in [0.29, 0.717) is 36.6 Å². The first kappa shape index (κ1) is 19.4. The van der Waals surface area contributed by atoms with Gasteiger partial charge in [0, 0.05) is 30.8 Å². The number of rotatable bonds is 9. The molecule has 4 heterocycles. The van der Waals surface area contributed by atoms with Crippen LogP contribution in [0.25, 0.3) is 0 Å². The summed E-state index contributed by atoms with van der Waals surface area (Å²) in [5.74, 6) is 2.31. The number of aromatic nitrogens is 4. The predicted octanol–water partition coefficient (Wildman–Crippen LogP) is 2.30. The van der Waals surface area contributed by atoms with Crippen molar-refractivity contribution in [3.05, 3.63) is 17.8 Å². The number of oxime groups is 1. The highest BCUT2D eigenvalue weighted by Gasteiger charge is 2.18. The minimum Gasteiger partial charge on any atom is -0.476 e. The highest BCUT2D eigenvalue weighted by Crippen LogP contribution is 2.21. The molecule has 156 valence electrons. The van der Waals surface area contributed by atoms with E-state index >= 15 is 0 Å². The lowest BCUT2D eigenvalue weighted by Gasteiger charge is -2.16. The van der Waals surface area contributed by atoms with Crippen molar-refractivity contribution in [2.75, 3.05) is 43.4 Å². The van der Waals surface area contributed by atoms with Gasteiger partial charge in [0.2, 0.25) is 11.8 Å². The third-order valence-electron chi connectivity index (χ3n) is 4.89. The van der Waals surface area contributed by atoms with Gasteiger partial charge in [-0.25, -0.2) is 0 Å². The van der Waals surface area contributed by atoms with Gasteiger partial charge in [-0.2, -0.15) is 15.1 Å². The van der Waals surface area contributed by atoms with Gasteiger partial charge in [-0.05, 0) is 39.8 Å². The Labute approximate surface area is 170 Å². The molecule has 1 fully saturated rings. The van der Waals surface area contributed by atoms with Gasteiger partial charge in [0.25, 0.3) is 0 Å². The molecule has 2 aliphatic rings. The quantitative estimate of drug-likeness (QED) is 0.588. The molecule has 0 aliphatic carbocycles. The van der Waals surface area contributed by atoms with Crippen LogP contribution >= 0.6 is 0 Å². The van der Waals surface area contributed by atoms with E-state index in [1.54, 1.807) is 6.07 Å². The lowest BCUT2D eigenvalue weighted by atomic mass is 10.2. The Balaban J connectivity index is 1.40. The Hall–Kier alpha value is -2.88. The molecule has 2 aromatic heterocycles. The molecule has 0 aromatic carbocycles. The Kier molecular flexibility index (Phi) is 6.09. The smallest absolute Gasteiger partial charge is 0.228 e. The van der Waals surface area contributed by atoms with Crippen molar-refractivity contribution < 1.29 is 9.57 Å². The van der Waals surface area contributed by atoms with E-state index in [4.69, 9.17) is 9.57 Å². The zero-order chi connectivity index (χ0) is 20.1. The summed E-state index contributed by atoms with van der Waals surface area (Å²) in [5, 5.41) is 17.5. The summed E-state index contributed by atoms with van der Waals surface area (Å²) in [4.78, 5) is 16.8. The fraction of sp³-hybridized carbons (Fsp3) is 0.579. The lowest BCUT2D eigenvalue weighted by molar-refractivity contribution is 0.0948. The van der Waals surface area contributed by atoms with Gasteiger partial charge in [0.1, 0.15) is 18.5 Å². The van der Waals surface area contributed by atoms with Crippen LogP contribution in [0.4, 0.5) is 17.6 Å². The number of likely N-dealkylation sites (tertiary alicyclic amines) is 1. The Bertz CT molecular complexity index is 846. The van der Waals surface area contributed by atoms with Crippen molar-refractivity contribution in [2.24, 2.45) is 5.16 Å². The van der Waals surface area contributed by atoms with Gasteiger partial charge in [-0.15, -0.1) is 0 Å². The predicted molar refractivity (Wildman–Crippen MR) is 111 cm³/mol. The van der Waals surface area contributed by atoms with Crippen molar-refractivity contribution in [1.82, 2.24) is 25.1 Å². The average Bonchev–Trinajstić information content (AvgIpc) is 3.44. The van der Waals surface area contributed by atoms with E-state index in [9.17, 15) is 0 Å². The van der Waals surface area contributed by atoms with Gasteiger partial charge >= 0.3 is 0 Å². The van der Waals surface area contributed by atoms with Crippen LogP contribution in [0.15, 0.2) is 17.3 Å². The molecule has 2 aliphatic heterocycles. The molecule has 1 saturated heterocycles. The number of nitrogens with zero attached hydrogens (tertiary/aromatic N) is 5. The van der Waals surface area contributed by atoms with Crippen molar-refractivity contribution in [2.45, 2.75) is 39.2 Å². The molecular weight excluding hydrogens is 372 g/mol. The van der Waals surface area contributed by atoms with Crippen LogP contribution in [0.5, 0.6) is 5.88 Å². The van der Waals surface area contributed by atoms with Crippen LogP contribution in [0.3, 0.4) is 0 Å². The molecule has 0 radical (unpaired) electrons. The lowest BCUT2D eigenvalue weighted by Crippen LogP contribution is -2.25. The highest BCUT2D eigenvalue weighted by molar-refractivity contribution is 5.82. The van der Waals surface area contributed by atoms with Crippen LogP contribution in [-0.2, 0) is 4.84 Å². The maximum absolute atomic E-state index is 5.93. The summed E-state index contributed by atoms with van der Waals surface area (Å²) in [7, 11) is 0. The average molecular weight is 400 g/mol. The van der Waals surface area contributed by atoms with E-state index in [2.05, 4.69) is 40.9 Å². The minimum absolute atomic E-state index is 0.0104. The fourth-order valence-corrected chi connectivity index (χ4v) is 3.42. The molecule has 0 spiro atoms. The number of hydrogen-bond acceptors (Lipinski definition) is 9. The molecule has 0 bridgehead atoms. The number of aryl methyl sites for hydroxylation is 1. The van der Waals surface area contributed by atoms with Crippen molar-refractivity contribution in [3.8, 4) is 5.88 Å². The van der Waals surface area contributed by atoms with E-state index < -0.39 is 0 Å². The minimum atomic E-state index is -0.0104. The van der Waals surface area contributed by atoms with Crippen LogP contribution in [0.1, 0.15) is 31.9 Å². The fourth-order valence-electron chi connectivity index (χ4n) is 3.42. The zero-order valence-electron chi connectivity index (χ0n) is 16.9. The van der Waals surface area contributed by atoms with Crippen LogP contribution in [0.2, 0.25) is 0 Å². The second-order valence-corrected chi connectivity index (χ2v) is 7.51. The van der Waals surface area contributed by atoms with Gasteiger partial charge in [-0.3, -0.25) is 10.00 Å². The van der Waals surface area contributed by atoms with Crippen LogP contribution in [0, 0.1) is 6.92 Å². The Morgan fingerprint density at radius 3 is 2.79 bits per heavy atom. The monoisotopic (exact) mass is 400 g/mol. The largest absolute Gasteiger partial charge is 0.476 e. The van der Waals surface area contributed by atoms with Crippen LogP contribution in [-0.4, -0.2) is 69.7 Å². The second kappa shape index (κ2) is 9.08. The molecule has 4 rings (SSSR count). The molecule has 1 atom stereocenters. The van der Waals surface area contributed by atoms with Crippen molar-refractivity contribution >= 4 is 23.3 Å². The summed E-state index contributed by atoms with van der Waals surface area (Å²) in [6, 6.07) is 3.70. The Morgan fingerprint density at radius 2 is 2.07 bits per heavy atom. The number of aromatic amines is 1. The molecule has 10 heteroatoms. The maximum atomic E-state index is 5.93. The molecule has 3 N–H and O–H groups in total. The summed E-state index contributed by atoms with van der Waals surface area (Å²) in [6.07, 6.45) is 3.33. The number of hydrogen-bond donors (Lipinski definition) is 3. The third-order valence-corrected chi connectivity index (χ3v) is 4.89. The van der Waals surface area contributed by atoms with Gasteiger partial charge in [0.15, 0.2) is 5.82 Å². The van der Waals surface area contributed by atoms with Crippen molar-refractivity contribution in [1.29, 1.82) is 0 Å². The number of anilines is 3. The molecule has 1 unspecified atom stereocenters. The van der Waals surface area contributed by atoms with E-state index in [1.165, 1.54) is 12.8 Å². The standard InChI is InChI=1S/C19H28N8O2/c1-13-10-17(25-24-13)21-16-11-18(28-8-7-27-5-3-4-6-27)23-19(22-16)20-12-15-9-14(2)26-29-15/h10-11,15H,3-9,12H2,1-2H3,(H3,20,21,22,23,24,25). The first-order chi connectivity index (χ1) is 14.1. The molecule has 0 saturated carbocycles. The molecule has 0 amide bonds. The Morgan fingerprint density at radius 1 is 1.21 bits per heavy atom. The molecule has 10 nitrogen and oxygen atoms in total. The number of ether oxygens (including phenoxy) is 1. The maximum Gasteiger partial charge on any atom is 0.228 e. The van der Waals surface area contributed by atoms with E-state index in [1.807, 2.05) is 19.9 Å². The SMILES string of the molecule is CC1=NOC(CNc2nc(Nc3cc(C)[nH]n3)cc(OCCN3CCCC3)n2)C1. The highest BCUT2D eigenvalue weighted by atomic mass is 16.6. The van der Waals surface area contributed by atoms with Gasteiger partial charge in [-0.1, -0.05) is 5.16 Å². The number of H-pyrrole nitrogens is 1. The van der Waals surface area contributed by atoms with Crippen LogP contribution < -0.4 is 15.4 Å².